The van der Waals surface area contributed by atoms with Gasteiger partial charge in [-0.3, -0.25) is 14.6 Å². The Balaban J connectivity index is 1.62. The summed E-state index contributed by atoms with van der Waals surface area (Å²) in [4.78, 5) is 26.5. The molecule has 3 heterocycles. The lowest BCUT2D eigenvalue weighted by atomic mass is 10.3. The fraction of sp³-hybridized carbons (Fsp3) is 0.250. The molecule has 122 valence electrons. The Morgan fingerprint density at radius 2 is 2.21 bits per heavy atom. The number of aryl methyl sites for hydroxylation is 1. The van der Waals surface area contributed by atoms with E-state index in [1.54, 1.807) is 29.7 Å². The Kier molecular flexibility index (Phi) is 3.85. The highest BCUT2D eigenvalue weighted by Gasteiger charge is 2.30. The number of amides is 2. The predicted molar refractivity (Wildman–Crippen MR) is 98.2 cm³/mol. The van der Waals surface area contributed by atoms with Gasteiger partial charge in [-0.1, -0.05) is 12.8 Å². The van der Waals surface area contributed by atoms with E-state index in [1.807, 2.05) is 6.92 Å². The van der Waals surface area contributed by atoms with Crippen LogP contribution in [0.25, 0.3) is 21.7 Å². The second-order valence-corrected chi connectivity index (χ2v) is 7.13. The van der Waals surface area contributed by atoms with Crippen LogP contribution in [0.4, 0.5) is 10.6 Å². The number of thiol groups is 1. The highest BCUT2D eigenvalue weighted by molar-refractivity contribution is 7.78. The molecule has 0 spiro atoms. The van der Waals surface area contributed by atoms with Crippen LogP contribution in [0, 0.1) is 6.92 Å². The number of rotatable bonds is 3. The van der Waals surface area contributed by atoms with Gasteiger partial charge in [0.1, 0.15) is 17.0 Å². The number of urea groups is 1. The van der Waals surface area contributed by atoms with Gasteiger partial charge < -0.3 is 0 Å². The summed E-state index contributed by atoms with van der Waals surface area (Å²) in [7, 11) is 0. The standard InChI is InChI=1S/C16H15N5OS2/c1-9-6-13(24-8-9)12-7-17-11-4-5-14(19-15(11)18-12)20-16(22)21(23)10-2-3-10/h4-8,10,23H,2-3H2,1H3,(H,18,19,20,22). The largest absolute Gasteiger partial charge is 0.333 e. The Labute approximate surface area is 148 Å². The first-order valence-electron chi connectivity index (χ1n) is 7.58. The minimum absolute atomic E-state index is 0.224. The first-order chi connectivity index (χ1) is 11.6. The third-order valence-electron chi connectivity index (χ3n) is 3.73. The van der Waals surface area contributed by atoms with E-state index >= 15 is 0 Å². The van der Waals surface area contributed by atoms with Crippen LogP contribution >= 0.6 is 24.2 Å². The first-order valence-corrected chi connectivity index (χ1v) is 8.86. The molecule has 4 rings (SSSR count). The van der Waals surface area contributed by atoms with Crippen molar-refractivity contribution < 1.29 is 4.79 Å². The van der Waals surface area contributed by atoms with Gasteiger partial charge in [0, 0.05) is 6.04 Å². The fourth-order valence-corrected chi connectivity index (χ4v) is 3.44. The SMILES string of the molecule is Cc1csc(-c2cnc3ccc(NC(=O)N(S)C4CC4)nc3n2)c1. The van der Waals surface area contributed by atoms with Crippen LogP contribution in [0.2, 0.25) is 0 Å². The van der Waals surface area contributed by atoms with Crippen molar-refractivity contribution in [3.8, 4) is 10.6 Å². The number of carbonyl (C=O) groups excluding carboxylic acids is 1. The van der Waals surface area contributed by atoms with E-state index in [9.17, 15) is 4.79 Å². The lowest BCUT2D eigenvalue weighted by Gasteiger charge is -2.15. The third kappa shape index (κ3) is 3.07. The zero-order chi connectivity index (χ0) is 16.7. The molecule has 1 aliphatic carbocycles. The number of hydrogen-bond acceptors (Lipinski definition) is 6. The van der Waals surface area contributed by atoms with E-state index in [4.69, 9.17) is 0 Å². The molecule has 1 saturated carbocycles. The van der Waals surface area contributed by atoms with Gasteiger partial charge in [-0.25, -0.2) is 14.8 Å². The molecule has 0 atom stereocenters. The number of nitrogens with zero attached hydrogens (tertiary/aromatic N) is 4. The van der Waals surface area contributed by atoms with Crippen molar-refractivity contribution in [3.63, 3.8) is 0 Å². The molecule has 3 aromatic rings. The Morgan fingerprint density at radius 1 is 1.38 bits per heavy atom. The molecular weight excluding hydrogens is 342 g/mol. The Hall–Kier alpha value is -2.19. The van der Waals surface area contributed by atoms with E-state index in [1.165, 1.54) is 9.87 Å². The van der Waals surface area contributed by atoms with Gasteiger partial charge in [0.2, 0.25) is 0 Å². The van der Waals surface area contributed by atoms with Crippen molar-refractivity contribution in [1.82, 2.24) is 19.3 Å². The number of hydrogen-bond donors (Lipinski definition) is 2. The van der Waals surface area contributed by atoms with Crippen molar-refractivity contribution in [2.24, 2.45) is 0 Å². The minimum Gasteiger partial charge on any atom is -0.291 e. The molecule has 1 N–H and O–H groups in total. The highest BCUT2D eigenvalue weighted by atomic mass is 32.1. The molecule has 8 heteroatoms. The normalized spacial score (nSPS) is 13.9. The Morgan fingerprint density at radius 3 is 2.92 bits per heavy atom. The smallest absolute Gasteiger partial charge is 0.291 e. The summed E-state index contributed by atoms with van der Waals surface area (Å²) in [6.07, 6.45) is 3.74. The van der Waals surface area contributed by atoms with Crippen LogP contribution in [0.3, 0.4) is 0 Å². The number of pyridine rings is 1. The van der Waals surface area contributed by atoms with Crippen molar-refractivity contribution in [1.29, 1.82) is 0 Å². The van der Waals surface area contributed by atoms with E-state index in [2.05, 4.69) is 44.5 Å². The molecular formula is C16H15N5OS2. The molecule has 1 aliphatic rings. The third-order valence-corrected chi connectivity index (χ3v) is 5.30. The highest BCUT2D eigenvalue weighted by Crippen LogP contribution is 2.29. The van der Waals surface area contributed by atoms with Crippen molar-refractivity contribution in [2.75, 3.05) is 5.32 Å². The maximum Gasteiger partial charge on any atom is 0.333 e. The quantitative estimate of drug-likeness (QED) is 0.697. The summed E-state index contributed by atoms with van der Waals surface area (Å²) in [5.41, 5.74) is 3.17. The number of fused-ring (bicyclic) bond motifs is 1. The van der Waals surface area contributed by atoms with E-state index in [0.717, 1.165) is 23.4 Å². The molecule has 24 heavy (non-hydrogen) atoms. The van der Waals surface area contributed by atoms with Crippen LogP contribution in [-0.4, -0.2) is 31.3 Å². The van der Waals surface area contributed by atoms with Gasteiger partial charge in [-0.2, -0.15) is 0 Å². The number of anilines is 1. The van der Waals surface area contributed by atoms with Gasteiger partial charge in [-0.05, 0) is 48.9 Å². The molecule has 3 aromatic heterocycles. The van der Waals surface area contributed by atoms with Gasteiger partial charge >= 0.3 is 6.03 Å². The lowest BCUT2D eigenvalue weighted by molar-refractivity contribution is 0.238. The van der Waals surface area contributed by atoms with Crippen LogP contribution in [0.1, 0.15) is 18.4 Å². The first kappa shape index (κ1) is 15.3. The number of thiophene rings is 1. The van der Waals surface area contributed by atoms with Crippen LogP contribution in [0.5, 0.6) is 0 Å². The summed E-state index contributed by atoms with van der Waals surface area (Å²) >= 11 is 5.84. The van der Waals surface area contributed by atoms with Crippen LogP contribution < -0.4 is 5.32 Å². The summed E-state index contributed by atoms with van der Waals surface area (Å²) < 4.78 is 1.42. The van der Waals surface area contributed by atoms with Gasteiger partial charge in [0.15, 0.2) is 5.65 Å². The number of carbonyl (C=O) groups is 1. The van der Waals surface area contributed by atoms with E-state index in [0.29, 0.717) is 17.0 Å². The predicted octanol–water partition coefficient (Wildman–Crippen LogP) is 3.90. The van der Waals surface area contributed by atoms with Crippen molar-refractivity contribution in [2.45, 2.75) is 25.8 Å². The molecule has 0 aromatic carbocycles. The second-order valence-electron chi connectivity index (χ2n) is 5.79. The van der Waals surface area contributed by atoms with Gasteiger partial charge in [0.05, 0.1) is 11.1 Å². The molecule has 6 nitrogen and oxygen atoms in total. The molecule has 0 saturated heterocycles. The monoisotopic (exact) mass is 357 g/mol. The summed E-state index contributed by atoms with van der Waals surface area (Å²) in [6.45, 7) is 2.05. The Bertz CT molecular complexity index is 922. The summed E-state index contributed by atoms with van der Waals surface area (Å²) in [5, 5.41) is 4.83. The average Bonchev–Trinajstić information content (AvgIpc) is 3.34. The topological polar surface area (TPSA) is 71.0 Å². The molecule has 2 amide bonds. The molecule has 0 bridgehead atoms. The molecule has 0 unspecified atom stereocenters. The molecule has 0 aliphatic heterocycles. The number of aromatic nitrogens is 3. The minimum atomic E-state index is -0.273. The van der Waals surface area contributed by atoms with Crippen LogP contribution in [0.15, 0.2) is 29.8 Å². The van der Waals surface area contributed by atoms with Gasteiger partial charge in [0.25, 0.3) is 0 Å². The number of nitrogens with one attached hydrogen (secondary N) is 1. The second kappa shape index (κ2) is 6.03. The lowest BCUT2D eigenvalue weighted by Crippen LogP contribution is -2.29. The zero-order valence-electron chi connectivity index (χ0n) is 12.9. The maximum absolute atomic E-state index is 12.1. The molecule has 1 fully saturated rings. The molecule has 0 radical (unpaired) electrons. The summed E-state index contributed by atoms with van der Waals surface area (Å²) in [5.74, 6) is 0.445. The zero-order valence-corrected chi connectivity index (χ0v) is 14.6. The maximum atomic E-state index is 12.1. The summed E-state index contributed by atoms with van der Waals surface area (Å²) in [6, 6.07) is 5.54. The van der Waals surface area contributed by atoms with E-state index in [-0.39, 0.29) is 12.1 Å². The van der Waals surface area contributed by atoms with Crippen molar-refractivity contribution >= 4 is 47.2 Å². The van der Waals surface area contributed by atoms with E-state index < -0.39 is 0 Å². The fourth-order valence-electron chi connectivity index (χ4n) is 2.30. The average molecular weight is 357 g/mol. The van der Waals surface area contributed by atoms with Crippen LogP contribution in [-0.2, 0) is 0 Å². The van der Waals surface area contributed by atoms with Gasteiger partial charge in [-0.15, -0.1) is 11.3 Å². The van der Waals surface area contributed by atoms with Crippen molar-refractivity contribution in [3.05, 3.63) is 35.3 Å².